The molecular weight excluding hydrogens is 283 g/mol. The third kappa shape index (κ3) is 3.95. The Kier molecular flexibility index (Phi) is 4.56. The highest BCUT2D eigenvalue weighted by molar-refractivity contribution is 7.15. The van der Waals surface area contributed by atoms with Crippen molar-refractivity contribution in [3.05, 3.63) is 16.5 Å². The van der Waals surface area contributed by atoms with Crippen LogP contribution in [-0.4, -0.2) is 23.2 Å². The van der Waals surface area contributed by atoms with Gasteiger partial charge in [0, 0.05) is 0 Å². The lowest BCUT2D eigenvalue weighted by atomic mass is 10.0. The summed E-state index contributed by atoms with van der Waals surface area (Å²) in [4.78, 5) is 21.9. The monoisotopic (exact) mass is 295 g/mol. The van der Waals surface area contributed by atoms with Gasteiger partial charge in [0.05, 0.1) is 5.56 Å². The quantitative estimate of drug-likeness (QED) is 0.896. The van der Waals surface area contributed by atoms with Gasteiger partial charge in [0.15, 0.2) is 0 Å². The van der Waals surface area contributed by atoms with Crippen LogP contribution >= 0.6 is 11.3 Å². The van der Waals surface area contributed by atoms with Crippen molar-refractivity contribution in [2.45, 2.75) is 26.4 Å². The van der Waals surface area contributed by atoms with Crippen molar-refractivity contribution in [3.8, 4) is 0 Å². The van der Waals surface area contributed by atoms with E-state index < -0.39 is 18.1 Å². The van der Waals surface area contributed by atoms with Gasteiger partial charge in [0.2, 0.25) is 0 Å². The molecule has 1 aromatic heterocycles. The molecule has 2 N–H and O–H groups in total. The van der Waals surface area contributed by atoms with Crippen LogP contribution in [0.25, 0.3) is 0 Å². The Morgan fingerprint density at radius 3 is 2.42 bits per heavy atom. The molecule has 0 radical (unpaired) electrons. The van der Waals surface area contributed by atoms with Gasteiger partial charge in [-0.1, -0.05) is 13.8 Å². The molecule has 1 heterocycles. The summed E-state index contributed by atoms with van der Waals surface area (Å²) in [7, 11) is 0. The number of carboxylic acids is 1. The Morgan fingerprint density at radius 2 is 2.00 bits per heavy atom. The lowest BCUT2D eigenvalue weighted by molar-refractivity contribution is -0.167. The van der Waals surface area contributed by atoms with Gasteiger partial charge >= 0.3 is 18.1 Å². The number of nitrogens with one attached hydrogen (secondary N) is 1. The number of aromatic carboxylic acids is 1. The molecule has 106 valence electrons. The Balaban J connectivity index is 3.06. The standard InChI is InChI=1S/C11H12F3NO3S/c1-5(2)3-6-4-19-8(7(6)9(16)17)15-10(18)11(12,13)14/h4-5H,3H2,1-2H3,(H,15,18)(H,16,17). The summed E-state index contributed by atoms with van der Waals surface area (Å²) in [6.07, 6.45) is -4.63. The average Bonchev–Trinajstić information content (AvgIpc) is 2.58. The molecule has 0 aromatic carbocycles. The van der Waals surface area contributed by atoms with Crippen molar-refractivity contribution >= 4 is 28.2 Å². The number of halogens is 3. The molecule has 0 aliphatic heterocycles. The van der Waals surface area contributed by atoms with E-state index in [1.165, 1.54) is 5.38 Å². The molecule has 0 aliphatic carbocycles. The number of hydrogen-bond acceptors (Lipinski definition) is 3. The van der Waals surface area contributed by atoms with Crippen LogP contribution in [0.15, 0.2) is 5.38 Å². The summed E-state index contributed by atoms with van der Waals surface area (Å²) in [5, 5.41) is 11.8. The first-order valence-corrected chi connectivity index (χ1v) is 6.22. The Bertz CT molecular complexity index is 494. The van der Waals surface area contributed by atoms with Gasteiger partial charge in [-0.3, -0.25) is 4.79 Å². The number of hydrogen-bond donors (Lipinski definition) is 2. The normalized spacial score (nSPS) is 11.7. The minimum atomic E-state index is -5.04. The number of amides is 1. The van der Waals surface area contributed by atoms with Crippen LogP contribution in [0.4, 0.5) is 18.2 Å². The fourth-order valence-electron chi connectivity index (χ4n) is 1.48. The van der Waals surface area contributed by atoms with E-state index in [9.17, 15) is 22.8 Å². The Labute approximate surface area is 111 Å². The molecule has 1 aromatic rings. The zero-order valence-corrected chi connectivity index (χ0v) is 11.0. The summed E-state index contributed by atoms with van der Waals surface area (Å²) >= 11 is 0.778. The van der Waals surface area contributed by atoms with Crippen molar-refractivity contribution in [2.24, 2.45) is 5.92 Å². The molecule has 19 heavy (non-hydrogen) atoms. The molecule has 8 heteroatoms. The minimum Gasteiger partial charge on any atom is -0.478 e. The van der Waals surface area contributed by atoms with Crippen molar-refractivity contribution < 1.29 is 27.9 Å². The third-order valence-electron chi connectivity index (χ3n) is 2.19. The van der Waals surface area contributed by atoms with Crippen LogP contribution in [-0.2, 0) is 11.2 Å². The van der Waals surface area contributed by atoms with E-state index in [4.69, 9.17) is 5.11 Å². The Morgan fingerprint density at radius 1 is 1.42 bits per heavy atom. The zero-order valence-electron chi connectivity index (χ0n) is 10.2. The average molecular weight is 295 g/mol. The lowest BCUT2D eigenvalue weighted by Crippen LogP contribution is -2.30. The van der Waals surface area contributed by atoms with Crippen molar-refractivity contribution in [3.63, 3.8) is 0 Å². The third-order valence-corrected chi connectivity index (χ3v) is 3.14. The van der Waals surface area contributed by atoms with Crippen LogP contribution in [0.2, 0.25) is 0 Å². The van der Waals surface area contributed by atoms with Crippen molar-refractivity contribution in [2.75, 3.05) is 5.32 Å². The highest BCUT2D eigenvalue weighted by Crippen LogP contribution is 2.31. The fourth-order valence-corrected chi connectivity index (χ4v) is 2.45. The largest absolute Gasteiger partial charge is 0.478 e. The molecule has 0 atom stereocenters. The first-order valence-electron chi connectivity index (χ1n) is 5.34. The maximum Gasteiger partial charge on any atom is 0.471 e. The van der Waals surface area contributed by atoms with E-state index in [2.05, 4.69) is 0 Å². The van der Waals surface area contributed by atoms with Crippen LogP contribution < -0.4 is 5.32 Å². The molecular formula is C11H12F3NO3S. The van der Waals surface area contributed by atoms with Gasteiger partial charge in [-0.15, -0.1) is 11.3 Å². The number of thiophene rings is 1. The predicted octanol–water partition coefficient (Wildman–Crippen LogP) is 3.15. The SMILES string of the molecule is CC(C)Cc1csc(NC(=O)C(F)(F)F)c1C(=O)O. The summed E-state index contributed by atoms with van der Waals surface area (Å²) in [5.74, 6) is -3.37. The van der Waals surface area contributed by atoms with E-state index in [-0.39, 0.29) is 16.5 Å². The van der Waals surface area contributed by atoms with Crippen molar-refractivity contribution in [1.29, 1.82) is 0 Å². The first kappa shape index (κ1) is 15.5. The second kappa shape index (κ2) is 5.60. The van der Waals surface area contributed by atoms with Crippen molar-refractivity contribution in [1.82, 2.24) is 0 Å². The molecule has 0 spiro atoms. The maximum absolute atomic E-state index is 12.1. The van der Waals surface area contributed by atoms with E-state index in [1.54, 1.807) is 5.32 Å². The lowest BCUT2D eigenvalue weighted by Gasteiger charge is -2.08. The first-order chi connectivity index (χ1) is 8.62. The van der Waals surface area contributed by atoms with E-state index >= 15 is 0 Å². The molecule has 1 amide bonds. The predicted molar refractivity (Wildman–Crippen MR) is 64.5 cm³/mol. The molecule has 0 saturated carbocycles. The van der Waals surface area contributed by atoms with E-state index in [0.29, 0.717) is 12.0 Å². The number of carboxylic acid groups (broad SMARTS) is 1. The van der Waals surface area contributed by atoms with Crippen LogP contribution in [0.1, 0.15) is 29.8 Å². The van der Waals surface area contributed by atoms with E-state index in [0.717, 1.165) is 11.3 Å². The van der Waals surface area contributed by atoms with Crippen LogP contribution in [0, 0.1) is 5.92 Å². The number of anilines is 1. The number of carbonyl (C=O) groups is 2. The second-order valence-corrected chi connectivity index (χ2v) is 5.20. The van der Waals surface area contributed by atoms with Gasteiger partial charge in [-0.25, -0.2) is 4.79 Å². The van der Waals surface area contributed by atoms with Crippen LogP contribution in [0.5, 0.6) is 0 Å². The number of carbonyl (C=O) groups excluding carboxylic acids is 1. The summed E-state index contributed by atoms with van der Waals surface area (Å²) in [6.45, 7) is 3.72. The Hall–Kier alpha value is -1.57. The minimum absolute atomic E-state index is 0.152. The summed E-state index contributed by atoms with van der Waals surface area (Å²) in [5.41, 5.74) is 0.154. The summed E-state index contributed by atoms with van der Waals surface area (Å²) in [6, 6.07) is 0. The topological polar surface area (TPSA) is 66.4 Å². The van der Waals surface area contributed by atoms with Gasteiger partial charge in [0.25, 0.3) is 0 Å². The second-order valence-electron chi connectivity index (χ2n) is 4.32. The van der Waals surface area contributed by atoms with Gasteiger partial charge < -0.3 is 10.4 Å². The summed E-state index contributed by atoms with van der Waals surface area (Å²) < 4.78 is 36.4. The van der Waals surface area contributed by atoms with Gasteiger partial charge in [-0.2, -0.15) is 13.2 Å². The molecule has 4 nitrogen and oxygen atoms in total. The van der Waals surface area contributed by atoms with E-state index in [1.807, 2.05) is 13.8 Å². The fraction of sp³-hybridized carbons (Fsp3) is 0.455. The number of rotatable bonds is 4. The molecule has 0 bridgehead atoms. The molecule has 0 aliphatic rings. The molecule has 0 fully saturated rings. The molecule has 1 rings (SSSR count). The maximum atomic E-state index is 12.1. The van der Waals surface area contributed by atoms with Gasteiger partial charge in [0.1, 0.15) is 5.00 Å². The number of alkyl halides is 3. The zero-order chi connectivity index (χ0) is 14.8. The smallest absolute Gasteiger partial charge is 0.471 e. The molecule has 0 saturated heterocycles. The van der Waals surface area contributed by atoms with Gasteiger partial charge in [-0.05, 0) is 23.3 Å². The molecule has 0 unspecified atom stereocenters. The highest BCUT2D eigenvalue weighted by Gasteiger charge is 2.39. The van der Waals surface area contributed by atoms with Crippen LogP contribution in [0.3, 0.4) is 0 Å². The highest BCUT2D eigenvalue weighted by atomic mass is 32.1.